The number of nitrogens with two attached hydrogens (primary N) is 1. The first-order chi connectivity index (χ1) is 9.12. The number of hydrogen-bond acceptors (Lipinski definition) is 2. The van der Waals surface area contributed by atoms with Crippen LogP contribution in [0.2, 0.25) is 0 Å². The Morgan fingerprint density at radius 1 is 1.21 bits per heavy atom. The van der Waals surface area contributed by atoms with Crippen LogP contribution in [-0.4, -0.2) is 11.9 Å². The minimum atomic E-state index is -0.0381. The molecule has 0 spiro atoms. The summed E-state index contributed by atoms with van der Waals surface area (Å²) in [6.07, 6.45) is 4.15. The van der Waals surface area contributed by atoms with E-state index in [9.17, 15) is 4.79 Å². The minimum absolute atomic E-state index is 0.0246. The van der Waals surface area contributed by atoms with Crippen LogP contribution in [0.4, 0.5) is 5.69 Å². The topological polar surface area (TPSA) is 55.1 Å². The first-order valence-corrected chi connectivity index (χ1v) is 7.28. The molecule has 3 nitrogen and oxygen atoms in total. The monoisotopic (exact) mass is 262 g/mol. The highest BCUT2D eigenvalue weighted by Gasteiger charge is 2.12. The van der Waals surface area contributed by atoms with Crippen LogP contribution in [0.25, 0.3) is 0 Å². The number of carbonyl (C=O) groups is 1. The Morgan fingerprint density at radius 2 is 1.79 bits per heavy atom. The van der Waals surface area contributed by atoms with E-state index in [-0.39, 0.29) is 11.9 Å². The maximum atomic E-state index is 12.0. The molecule has 0 bridgehead atoms. The Hall–Kier alpha value is -1.35. The quantitative estimate of drug-likeness (QED) is 0.792. The van der Waals surface area contributed by atoms with Crippen LogP contribution in [0.15, 0.2) is 18.2 Å². The normalized spacial score (nSPS) is 12.2. The van der Waals surface area contributed by atoms with Gasteiger partial charge in [0.15, 0.2) is 0 Å². The summed E-state index contributed by atoms with van der Waals surface area (Å²) in [5, 5.41) is 3.05. The summed E-state index contributed by atoms with van der Waals surface area (Å²) in [5.74, 6) is 0.0246. The van der Waals surface area contributed by atoms with Crippen molar-refractivity contribution in [2.24, 2.45) is 5.73 Å². The molecule has 0 aromatic heterocycles. The zero-order valence-electron chi connectivity index (χ0n) is 12.3. The number of nitrogens with one attached hydrogen (secondary N) is 1. The van der Waals surface area contributed by atoms with E-state index in [1.54, 1.807) is 0 Å². The van der Waals surface area contributed by atoms with Crippen LogP contribution in [0.1, 0.15) is 51.2 Å². The number of aryl methyl sites for hydroxylation is 2. The summed E-state index contributed by atoms with van der Waals surface area (Å²) in [6.45, 7) is 6.29. The second-order valence-electron chi connectivity index (χ2n) is 4.96. The molecule has 19 heavy (non-hydrogen) atoms. The fourth-order valence-electron chi connectivity index (χ4n) is 2.30. The first-order valence-electron chi connectivity index (χ1n) is 7.28. The van der Waals surface area contributed by atoms with Crippen molar-refractivity contribution in [3.63, 3.8) is 0 Å². The number of amides is 1. The van der Waals surface area contributed by atoms with Crippen LogP contribution < -0.4 is 11.1 Å². The van der Waals surface area contributed by atoms with Gasteiger partial charge in [0.25, 0.3) is 0 Å². The molecule has 1 atom stereocenters. The molecular formula is C16H26N2O. The Bertz CT molecular complexity index is 393. The Kier molecular flexibility index (Phi) is 6.57. The van der Waals surface area contributed by atoms with Gasteiger partial charge >= 0.3 is 0 Å². The summed E-state index contributed by atoms with van der Waals surface area (Å²) in [4.78, 5) is 12.0. The van der Waals surface area contributed by atoms with Crippen LogP contribution >= 0.6 is 0 Å². The molecule has 0 saturated heterocycles. The molecule has 1 aromatic carbocycles. The SMILES string of the molecule is CCCC(N)CC(=O)Nc1c(CC)cccc1CC. The average Bonchev–Trinajstić information content (AvgIpc) is 2.39. The van der Waals surface area contributed by atoms with Gasteiger partial charge in [0.1, 0.15) is 0 Å². The average molecular weight is 262 g/mol. The highest BCUT2D eigenvalue weighted by Crippen LogP contribution is 2.22. The van der Waals surface area contributed by atoms with Crippen molar-refractivity contribution < 1.29 is 4.79 Å². The van der Waals surface area contributed by atoms with Crippen molar-refractivity contribution in [1.29, 1.82) is 0 Å². The molecule has 0 aliphatic rings. The van der Waals surface area contributed by atoms with E-state index in [1.165, 1.54) is 11.1 Å². The Morgan fingerprint density at radius 3 is 2.26 bits per heavy atom. The molecule has 3 N–H and O–H groups in total. The lowest BCUT2D eigenvalue weighted by molar-refractivity contribution is -0.116. The smallest absolute Gasteiger partial charge is 0.225 e. The minimum Gasteiger partial charge on any atom is -0.327 e. The molecule has 1 rings (SSSR count). The summed E-state index contributed by atoms with van der Waals surface area (Å²) >= 11 is 0. The summed E-state index contributed by atoms with van der Waals surface area (Å²) < 4.78 is 0. The molecule has 1 aromatic rings. The lowest BCUT2D eigenvalue weighted by Gasteiger charge is -2.16. The van der Waals surface area contributed by atoms with Gasteiger partial charge in [0.2, 0.25) is 5.91 Å². The van der Waals surface area contributed by atoms with E-state index < -0.39 is 0 Å². The maximum Gasteiger partial charge on any atom is 0.225 e. The third-order valence-electron chi connectivity index (χ3n) is 3.37. The Labute approximate surface area is 116 Å². The van der Waals surface area contributed by atoms with Crippen molar-refractivity contribution >= 4 is 11.6 Å². The van der Waals surface area contributed by atoms with Gasteiger partial charge in [0.05, 0.1) is 0 Å². The van der Waals surface area contributed by atoms with Crippen LogP contribution in [0.3, 0.4) is 0 Å². The van der Waals surface area contributed by atoms with E-state index in [2.05, 4.69) is 44.3 Å². The van der Waals surface area contributed by atoms with E-state index in [4.69, 9.17) is 5.73 Å². The lowest BCUT2D eigenvalue weighted by atomic mass is 10.0. The molecule has 0 radical (unpaired) electrons. The third-order valence-corrected chi connectivity index (χ3v) is 3.37. The van der Waals surface area contributed by atoms with Crippen molar-refractivity contribution in [3.8, 4) is 0 Å². The molecule has 1 amide bonds. The van der Waals surface area contributed by atoms with E-state index >= 15 is 0 Å². The highest BCUT2D eigenvalue weighted by molar-refractivity contribution is 5.92. The number of para-hydroxylation sites is 1. The van der Waals surface area contributed by atoms with Crippen LogP contribution in [0.5, 0.6) is 0 Å². The van der Waals surface area contributed by atoms with Crippen molar-refractivity contribution in [2.75, 3.05) is 5.32 Å². The van der Waals surface area contributed by atoms with Crippen LogP contribution in [-0.2, 0) is 17.6 Å². The number of anilines is 1. The van der Waals surface area contributed by atoms with Gasteiger partial charge in [-0.2, -0.15) is 0 Å². The fraction of sp³-hybridized carbons (Fsp3) is 0.562. The van der Waals surface area contributed by atoms with Crippen molar-refractivity contribution in [3.05, 3.63) is 29.3 Å². The molecule has 0 aliphatic carbocycles. The molecule has 106 valence electrons. The van der Waals surface area contributed by atoms with Gasteiger partial charge in [-0.25, -0.2) is 0 Å². The fourth-order valence-corrected chi connectivity index (χ4v) is 2.30. The van der Waals surface area contributed by atoms with Gasteiger partial charge < -0.3 is 11.1 Å². The number of rotatable bonds is 7. The summed E-state index contributed by atoms with van der Waals surface area (Å²) in [6, 6.07) is 6.15. The third kappa shape index (κ3) is 4.67. The number of hydrogen-bond donors (Lipinski definition) is 2. The summed E-state index contributed by atoms with van der Waals surface area (Å²) in [5.41, 5.74) is 9.29. The number of benzene rings is 1. The first kappa shape index (κ1) is 15.7. The molecular weight excluding hydrogens is 236 g/mol. The van der Waals surface area contributed by atoms with Crippen molar-refractivity contribution in [2.45, 2.75) is 58.9 Å². The van der Waals surface area contributed by atoms with Gasteiger partial charge in [-0.05, 0) is 30.4 Å². The molecule has 3 heteroatoms. The number of carbonyl (C=O) groups excluding carboxylic acids is 1. The van der Waals surface area contributed by atoms with Crippen molar-refractivity contribution in [1.82, 2.24) is 0 Å². The predicted molar refractivity (Wildman–Crippen MR) is 81.3 cm³/mol. The second-order valence-corrected chi connectivity index (χ2v) is 4.96. The maximum absolute atomic E-state index is 12.0. The molecule has 0 fully saturated rings. The van der Waals surface area contributed by atoms with E-state index in [0.29, 0.717) is 6.42 Å². The predicted octanol–water partition coefficient (Wildman–Crippen LogP) is 3.27. The molecule has 0 saturated carbocycles. The largest absolute Gasteiger partial charge is 0.327 e. The molecule has 0 aliphatic heterocycles. The van der Waals surface area contributed by atoms with Gasteiger partial charge in [-0.3, -0.25) is 4.79 Å². The standard InChI is InChI=1S/C16H26N2O/c1-4-8-14(17)11-15(19)18-16-12(5-2)9-7-10-13(16)6-3/h7,9-10,14H,4-6,8,11,17H2,1-3H3,(H,18,19). The van der Waals surface area contributed by atoms with E-state index in [1.807, 2.05) is 0 Å². The van der Waals surface area contributed by atoms with E-state index in [0.717, 1.165) is 31.4 Å². The zero-order valence-corrected chi connectivity index (χ0v) is 12.3. The molecule has 1 unspecified atom stereocenters. The summed E-state index contributed by atoms with van der Waals surface area (Å²) in [7, 11) is 0. The lowest BCUT2D eigenvalue weighted by Crippen LogP contribution is -2.27. The second kappa shape index (κ2) is 7.95. The van der Waals surface area contributed by atoms with Gasteiger partial charge in [-0.15, -0.1) is 0 Å². The zero-order chi connectivity index (χ0) is 14.3. The Balaban J connectivity index is 2.77. The highest BCUT2D eigenvalue weighted by atomic mass is 16.1. The molecule has 0 heterocycles. The van der Waals surface area contributed by atoms with Gasteiger partial charge in [-0.1, -0.05) is 45.4 Å². The van der Waals surface area contributed by atoms with Gasteiger partial charge in [0, 0.05) is 18.2 Å². The van der Waals surface area contributed by atoms with Crippen LogP contribution in [0, 0.1) is 0 Å².